The summed E-state index contributed by atoms with van der Waals surface area (Å²) < 4.78 is 11.3. The Morgan fingerprint density at radius 3 is 2.00 bits per heavy atom. The third-order valence-corrected chi connectivity index (χ3v) is 6.28. The zero-order chi connectivity index (χ0) is 16.3. The molecule has 0 radical (unpaired) electrons. The number of hydrogen-bond acceptors (Lipinski definition) is 2. The summed E-state index contributed by atoms with van der Waals surface area (Å²) in [6.45, 7) is 6.71. The van der Waals surface area contributed by atoms with Crippen LogP contribution in [0.25, 0.3) is 0 Å². The smallest absolute Gasteiger partial charge is 0.0704 e. The van der Waals surface area contributed by atoms with E-state index >= 15 is 0 Å². The van der Waals surface area contributed by atoms with Crippen molar-refractivity contribution in [2.75, 3.05) is 19.8 Å². The predicted octanol–water partition coefficient (Wildman–Crippen LogP) is 5.99. The molecule has 0 bridgehead atoms. The van der Waals surface area contributed by atoms with E-state index in [-0.39, 0.29) is 0 Å². The van der Waals surface area contributed by atoms with E-state index in [1.54, 1.807) is 0 Å². The molecule has 2 heteroatoms. The Bertz CT molecular complexity index is 276. The van der Waals surface area contributed by atoms with Crippen LogP contribution < -0.4 is 0 Å². The summed E-state index contributed by atoms with van der Waals surface area (Å²) in [4.78, 5) is 0. The van der Waals surface area contributed by atoms with E-state index in [4.69, 9.17) is 9.47 Å². The molecule has 0 aliphatic heterocycles. The molecule has 23 heavy (non-hydrogen) atoms. The van der Waals surface area contributed by atoms with Gasteiger partial charge in [0.25, 0.3) is 0 Å². The fourth-order valence-corrected chi connectivity index (χ4v) is 4.78. The van der Waals surface area contributed by atoms with E-state index in [0.717, 1.165) is 37.6 Å². The van der Waals surface area contributed by atoms with Crippen LogP contribution in [0, 0.1) is 17.8 Å². The lowest BCUT2D eigenvalue weighted by Crippen LogP contribution is -2.29. The van der Waals surface area contributed by atoms with Crippen molar-refractivity contribution in [3.8, 4) is 0 Å². The normalized spacial score (nSPS) is 32.1. The predicted molar refractivity (Wildman–Crippen MR) is 97.8 cm³/mol. The van der Waals surface area contributed by atoms with E-state index in [0.29, 0.717) is 6.10 Å². The van der Waals surface area contributed by atoms with Crippen LogP contribution in [0.1, 0.15) is 90.9 Å². The topological polar surface area (TPSA) is 18.5 Å². The van der Waals surface area contributed by atoms with Crippen molar-refractivity contribution in [1.82, 2.24) is 0 Å². The van der Waals surface area contributed by atoms with E-state index in [1.165, 1.54) is 77.0 Å². The monoisotopic (exact) mass is 324 g/mol. The van der Waals surface area contributed by atoms with Gasteiger partial charge in [0.1, 0.15) is 0 Å². The first kappa shape index (κ1) is 19.2. The van der Waals surface area contributed by atoms with E-state index < -0.39 is 0 Å². The fraction of sp³-hybridized carbons (Fsp3) is 1.00. The summed E-state index contributed by atoms with van der Waals surface area (Å²) in [7, 11) is 0. The second-order valence-electron chi connectivity index (χ2n) is 7.88. The van der Waals surface area contributed by atoms with Gasteiger partial charge < -0.3 is 9.47 Å². The molecule has 0 aromatic heterocycles. The summed E-state index contributed by atoms with van der Waals surface area (Å²) in [6, 6.07) is 0. The molecule has 0 unspecified atom stereocenters. The molecular weight excluding hydrogens is 284 g/mol. The third kappa shape index (κ3) is 7.13. The van der Waals surface area contributed by atoms with E-state index in [1.807, 2.05) is 6.92 Å². The van der Waals surface area contributed by atoms with Crippen LogP contribution in [-0.4, -0.2) is 25.9 Å². The molecule has 0 atom stereocenters. The van der Waals surface area contributed by atoms with E-state index in [9.17, 15) is 0 Å². The number of ether oxygens (including phenoxy) is 2. The average Bonchev–Trinajstić information content (AvgIpc) is 2.60. The molecule has 2 aliphatic carbocycles. The Morgan fingerprint density at radius 1 is 0.739 bits per heavy atom. The Hall–Kier alpha value is -0.0800. The number of unbranched alkanes of at least 4 members (excludes halogenated alkanes) is 2. The lowest BCUT2D eigenvalue weighted by molar-refractivity contribution is -0.0208. The molecule has 0 N–H and O–H groups in total. The van der Waals surface area contributed by atoms with Gasteiger partial charge in [0.15, 0.2) is 0 Å². The maximum atomic E-state index is 5.97. The zero-order valence-electron chi connectivity index (χ0n) is 15.7. The van der Waals surface area contributed by atoms with Crippen LogP contribution in [-0.2, 0) is 9.47 Å². The largest absolute Gasteiger partial charge is 0.379 e. The minimum atomic E-state index is 0.511. The number of hydrogen-bond donors (Lipinski definition) is 0. The van der Waals surface area contributed by atoms with Crippen molar-refractivity contribution >= 4 is 0 Å². The molecule has 2 nitrogen and oxygen atoms in total. The van der Waals surface area contributed by atoms with Crippen molar-refractivity contribution in [1.29, 1.82) is 0 Å². The highest BCUT2D eigenvalue weighted by molar-refractivity contribution is 4.82. The molecule has 0 aromatic rings. The van der Waals surface area contributed by atoms with Gasteiger partial charge in [0.05, 0.1) is 19.3 Å². The summed E-state index contributed by atoms with van der Waals surface area (Å²) in [5, 5.41) is 0. The van der Waals surface area contributed by atoms with Gasteiger partial charge in [-0.1, -0.05) is 45.4 Å². The van der Waals surface area contributed by atoms with Crippen molar-refractivity contribution in [2.45, 2.75) is 97.0 Å². The first-order valence-electron chi connectivity index (χ1n) is 10.5. The van der Waals surface area contributed by atoms with Gasteiger partial charge in [-0.3, -0.25) is 0 Å². The van der Waals surface area contributed by atoms with Crippen LogP contribution in [0.15, 0.2) is 0 Å². The lowest BCUT2D eigenvalue weighted by Gasteiger charge is -2.37. The third-order valence-electron chi connectivity index (χ3n) is 6.28. The number of rotatable bonds is 10. The fourth-order valence-electron chi connectivity index (χ4n) is 4.78. The summed E-state index contributed by atoms with van der Waals surface area (Å²) in [5.74, 6) is 3.08. The molecule has 2 fully saturated rings. The molecule has 136 valence electrons. The molecule has 0 heterocycles. The van der Waals surface area contributed by atoms with Gasteiger partial charge >= 0.3 is 0 Å². The summed E-state index contributed by atoms with van der Waals surface area (Å²) in [6.07, 6.45) is 17.7. The van der Waals surface area contributed by atoms with Crippen molar-refractivity contribution in [2.24, 2.45) is 17.8 Å². The summed E-state index contributed by atoms with van der Waals surface area (Å²) in [5.41, 5.74) is 0. The quantitative estimate of drug-likeness (QED) is 0.460. The van der Waals surface area contributed by atoms with Gasteiger partial charge in [-0.05, 0) is 63.2 Å². The van der Waals surface area contributed by atoms with Crippen molar-refractivity contribution in [3.05, 3.63) is 0 Å². The first-order valence-corrected chi connectivity index (χ1v) is 10.5. The molecule has 0 aromatic carbocycles. The van der Waals surface area contributed by atoms with Crippen molar-refractivity contribution < 1.29 is 9.47 Å². The minimum absolute atomic E-state index is 0.511. The van der Waals surface area contributed by atoms with Gasteiger partial charge in [-0.2, -0.15) is 0 Å². The minimum Gasteiger partial charge on any atom is -0.379 e. The van der Waals surface area contributed by atoms with Crippen LogP contribution in [0.2, 0.25) is 0 Å². The SMILES string of the molecule is CCCCCC1CCC(C2CCC(OCCOCC)CC2)CC1. The second-order valence-corrected chi connectivity index (χ2v) is 7.88. The standard InChI is InChI=1S/C21H40O2/c1-3-5-6-7-18-8-10-19(11-9-18)20-12-14-21(15-13-20)23-17-16-22-4-2/h18-21H,3-17H2,1-2H3. The highest BCUT2D eigenvalue weighted by Crippen LogP contribution is 2.41. The Morgan fingerprint density at radius 2 is 1.39 bits per heavy atom. The van der Waals surface area contributed by atoms with E-state index in [2.05, 4.69) is 6.92 Å². The highest BCUT2D eigenvalue weighted by Gasteiger charge is 2.30. The van der Waals surface area contributed by atoms with Crippen LogP contribution >= 0.6 is 0 Å². The highest BCUT2D eigenvalue weighted by atomic mass is 16.5. The van der Waals surface area contributed by atoms with Gasteiger partial charge in [-0.25, -0.2) is 0 Å². The first-order chi connectivity index (χ1) is 11.3. The van der Waals surface area contributed by atoms with Crippen LogP contribution in [0.4, 0.5) is 0 Å². The van der Waals surface area contributed by atoms with Gasteiger partial charge in [0, 0.05) is 6.61 Å². The zero-order valence-corrected chi connectivity index (χ0v) is 15.7. The second kappa shape index (κ2) is 11.5. The molecule has 2 aliphatic rings. The van der Waals surface area contributed by atoms with Gasteiger partial charge in [-0.15, -0.1) is 0 Å². The molecule has 0 saturated heterocycles. The summed E-state index contributed by atoms with van der Waals surface area (Å²) >= 11 is 0. The maximum Gasteiger partial charge on any atom is 0.0704 e. The Balaban J connectivity index is 1.55. The van der Waals surface area contributed by atoms with Crippen LogP contribution in [0.5, 0.6) is 0 Å². The van der Waals surface area contributed by atoms with Crippen molar-refractivity contribution in [3.63, 3.8) is 0 Å². The molecule has 2 saturated carbocycles. The van der Waals surface area contributed by atoms with Gasteiger partial charge in [0.2, 0.25) is 0 Å². The maximum absolute atomic E-state index is 5.97. The molecular formula is C21H40O2. The Labute approximate surface area is 144 Å². The average molecular weight is 325 g/mol. The molecule has 0 spiro atoms. The molecule has 0 amide bonds. The van der Waals surface area contributed by atoms with Crippen LogP contribution in [0.3, 0.4) is 0 Å². The Kier molecular flexibility index (Phi) is 9.60. The lowest BCUT2D eigenvalue weighted by atomic mass is 9.70. The molecule has 2 rings (SSSR count).